The zero-order chi connectivity index (χ0) is 27.5. The molecule has 0 aromatic heterocycles. The molecule has 6 N–H and O–H groups in total. The lowest BCUT2D eigenvalue weighted by atomic mass is 9.99. The van der Waals surface area contributed by atoms with Gasteiger partial charge in [0.2, 0.25) is 0 Å². The van der Waals surface area contributed by atoms with Gasteiger partial charge >= 0.3 is 17.9 Å². The quantitative estimate of drug-likeness (QED) is 0.224. The number of benzene rings is 2. The molecule has 0 spiro atoms. The Bertz CT molecular complexity index is 1110. The third kappa shape index (κ3) is 8.57. The molecule has 3 rings (SSSR count). The van der Waals surface area contributed by atoms with E-state index in [0.29, 0.717) is 17.7 Å². The summed E-state index contributed by atoms with van der Waals surface area (Å²) < 4.78 is 5.35. The lowest BCUT2D eigenvalue weighted by Gasteiger charge is -2.21. The molecule has 0 saturated carbocycles. The van der Waals surface area contributed by atoms with Gasteiger partial charge in [-0.1, -0.05) is 24.3 Å². The monoisotopic (exact) mass is 513 g/mol. The molecule has 11 heteroatoms. The highest BCUT2D eigenvalue weighted by Gasteiger charge is 2.29. The van der Waals surface area contributed by atoms with Crippen molar-refractivity contribution in [3.05, 3.63) is 64.7 Å². The summed E-state index contributed by atoms with van der Waals surface area (Å²) >= 11 is 0. The van der Waals surface area contributed by atoms with Gasteiger partial charge in [-0.05, 0) is 55.5 Å². The van der Waals surface area contributed by atoms with Crippen molar-refractivity contribution in [3.63, 3.8) is 0 Å². The summed E-state index contributed by atoms with van der Waals surface area (Å²) in [4.78, 5) is 33.7. The summed E-state index contributed by atoms with van der Waals surface area (Å²) in [5, 5.41) is 42.1. The largest absolute Gasteiger partial charge is 0.479 e. The minimum absolute atomic E-state index is 0.0754. The molecular formula is C26H31N3O8. The van der Waals surface area contributed by atoms with Gasteiger partial charge in [-0.2, -0.15) is 5.26 Å². The van der Waals surface area contributed by atoms with Crippen LogP contribution in [0.4, 0.5) is 5.69 Å². The number of hydrogen-bond donors (Lipinski definition) is 5. The minimum Gasteiger partial charge on any atom is -0.479 e. The van der Waals surface area contributed by atoms with Crippen molar-refractivity contribution in [3.8, 4) is 6.07 Å². The van der Waals surface area contributed by atoms with E-state index in [9.17, 15) is 19.6 Å². The van der Waals surface area contributed by atoms with E-state index in [0.717, 1.165) is 43.6 Å². The number of esters is 1. The van der Waals surface area contributed by atoms with Crippen LogP contribution < -0.4 is 10.6 Å². The number of nitrogens with two attached hydrogens (primary N) is 1. The maximum absolute atomic E-state index is 12.0. The molecule has 0 bridgehead atoms. The third-order valence-electron chi connectivity index (χ3n) is 5.51. The van der Waals surface area contributed by atoms with E-state index in [2.05, 4.69) is 17.0 Å². The Morgan fingerprint density at radius 1 is 1.11 bits per heavy atom. The number of rotatable bonds is 10. The van der Waals surface area contributed by atoms with Gasteiger partial charge < -0.3 is 35.8 Å². The summed E-state index contributed by atoms with van der Waals surface area (Å²) in [5.41, 5.74) is 10.5. The number of nitriles is 1. The summed E-state index contributed by atoms with van der Waals surface area (Å²) in [5.74, 6) is -3.83. The fraction of sp³-hybridized carbons (Fsp3) is 0.385. The average Bonchev–Trinajstić information content (AvgIpc) is 3.28. The van der Waals surface area contributed by atoms with E-state index in [-0.39, 0.29) is 12.0 Å². The number of nitrogens with zero attached hydrogens (tertiary/aromatic N) is 2. The number of aliphatic hydroxyl groups is 2. The highest BCUT2D eigenvalue weighted by molar-refractivity contribution is 5.89. The molecule has 0 amide bonds. The SMILES string of the molecule is CC(N)Cc1cc(C#N)c2c(c1)CCN2CCCOC(=O)c1ccccc1.O=C(O)C(O)C(O)C(=O)O. The van der Waals surface area contributed by atoms with Crippen molar-refractivity contribution in [2.24, 2.45) is 5.73 Å². The van der Waals surface area contributed by atoms with Crippen LogP contribution >= 0.6 is 0 Å². The standard InChI is InChI=1S/C22H25N3O2.C4H6O6/c1-16(24)12-17-13-19-8-10-25(21(19)20(14-17)15-23)9-5-11-27-22(26)18-6-3-2-4-7-18;5-1(3(7)8)2(6)4(9)10/h2-4,6-7,13-14,16H,5,8-12,24H2,1H3;1-2,5-6H,(H,7,8)(H,9,10). The molecule has 1 heterocycles. The van der Waals surface area contributed by atoms with Crippen LogP contribution in [0.2, 0.25) is 0 Å². The summed E-state index contributed by atoms with van der Waals surface area (Å²) in [6, 6.07) is 15.5. The number of fused-ring (bicyclic) bond motifs is 1. The topological polar surface area (TPSA) is 194 Å². The predicted molar refractivity (Wildman–Crippen MR) is 133 cm³/mol. The molecule has 3 atom stereocenters. The number of carboxylic acid groups (broad SMARTS) is 2. The first kappa shape index (κ1) is 29.3. The molecule has 2 aromatic rings. The Morgan fingerprint density at radius 3 is 2.27 bits per heavy atom. The van der Waals surface area contributed by atoms with Gasteiger partial charge in [-0.25, -0.2) is 14.4 Å². The first-order valence-corrected chi connectivity index (χ1v) is 11.7. The Balaban J connectivity index is 0.000000410. The second kappa shape index (κ2) is 13.9. The molecule has 1 aliphatic rings. The van der Waals surface area contributed by atoms with Crippen LogP contribution in [0.5, 0.6) is 0 Å². The zero-order valence-electron chi connectivity index (χ0n) is 20.4. The fourth-order valence-electron chi connectivity index (χ4n) is 3.84. The second-order valence-electron chi connectivity index (χ2n) is 8.60. The molecule has 11 nitrogen and oxygen atoms in total. The van der Waals surface area contributed by atoms with E-state index in [1.54, 1.807) is 12.1 Å². The van der Waals surface area contributed by atoms with E-state index < -0.39 is 24.1 Å². The van der Waals surface area contributed by atoms with Gasteiger partial charge in [0.25, 0.3) is 0 Å². The van der Waals surface area contributed by atoms with Gasteiger partial charge in [-0.15, -0.1) is 0 Å². The molecule has 0 fully saturated rings. The molecule has 198 valence electrons. The number of hydrogen-bond acceptors (Lipinski definition) is 9. The minimum atomic E-state index is -2.27. The van der Waals surface area contributed by atoms with Crippen molar-refractivity contribution in [1.82, 2.24) is 0 Å². The Morgan fingerprint density at radius 2 is 1.73 bits per heavy atom. The van der Waals surface area contributed by atoms with Crippen LogP contribution in [0.3, 0.4) is 0 Å². The van der Waals surface area contributed by atoms with Gasteiger partial charge in [0.1, 0.15) is 6.07 Å². The van der Waals surface area contributed by atoms with Crippen LogP contribution in [0, 0.1) is 11.3 Å². The highest BCUT2D eigenvalue weighted by Crippen LogP contribution is 2.33. The fourth-order valence-corrected chi connectivity index (χ4v) is 3.84. The predicted octanol–water partition coefficient (Wildman–Crippen LogP) is 0.935. The van der Waals surface area contributed by atoms with Crippen molar-refractivity contribution < 1.29 is 39.5 Å². The van der Waals surface area contributed by atoms with Gasteiger partial charge in [-0.3, -0.25) is 0 Å². The van der Waals surface area contributed by atoms with Crippen molar-refractivity contribution in [2.45, 2.75) is 44.4 Å². The van der Waals surface area contributed by atoms with Crippen LogP contribution in [0.25, 0.3) is 0 Å². The van der Waals surface area contributed by atoms with Gasteiger partial charge in [0.15, 0.2) is 12.2 Å². The summed E-state index contributed by atoms with van der Waals surface area (Å²) in [6.45, 7) is 3.99. The van der Waals surface area contributed by atoms with E-state index >= 15 is 0 Å². The maximum Gasteiger partial charge on any atom is 0.338 e. The molecule has 0 aliphatic carbocycles. The smallest absolute Gasteiger partial charge is 0.338 e. The Labute approximate surface area is 214 Å². The Hall–Kier alpha value is -3.98. The number of carbonyl (C=O) groups excluding carboxylic acids is 1. The number of aliphatic carboxylic acids is 2. The van der Waals surface area contributed by atoms with E-state index in [1.165, 1.54) is 5.56 Å². The van der Waals surface area contributed by atoms with Crippen LogP contribution in [0.15, 0.2) is 42.5 Å². The average molecular weight is 514 g/mol. The normalized spacial score (nSPS) is 14.3. The third-order valence-corrected chi connectivity index (χ3v) is 5.51. The molecule has 1 aliphatic heterocycles. The molecule has 2 aromatic carbocycles. The summed E-state index contributed by atoms with van der Waals surface area (Å²) in [7, 11) is 0. The molecule has 0 saturated heterocycles. The van der Waals surface area contributed by atoms with Gasteiger partial charge in [0.05, 0.1) is 23.4 Å². The number of aliphatic hydroxyl groups excluding tert-OH is 2. The first-order chi connectivity index (χ1) is 17.5. The van der Waals surface area contributed by atoms with Crippen LogP contribution in [0.1, 0.15) is 40.4 Å². The summed E-state index contributed by atoms with van der Waals surface area (Å²) in [6.07, 6.45) is -2.10. The lowest BCUT2D eigenvalue weighted by molar-refractivity contribution is -0.165. The van der Waals surface area contributed by atoms with Crippen LogP contribution in [-0.2, 0) is 27.2 Å². The molecular weight excluding hydrogens is 482 g/mol. The molecule has 37 heavy (non-hydrogen) atoms. The molecule has 3 unspecified atom stereocenters. The van der Waals surface area contributed by atoms with E-state index in [1.807, 2.05) is 31.2 Å². The number of ether oxygens (including phenoxy) is 1. The second-order valence-corrected chi connectivity index (χ2v) is 8.60. The first-order valence-electron chi connectivity index (χ1n) is 11.7. The highest BCUT2D eigenvalue weighted by atomic mass is 16.5. The number of anilines is 1. The van der Waals surface area contributed by atoms with Crippen molar-refractivity contribution in [1.29, 1.82) is 5.26 Å². The maximum atomic E-state index is 12.0. The van der Waals surface area contributed by atoms with Crippen molar-refractivity contribution >= 4 is 23.6 Å². The van der Waals surface area contributed by atoms with Crippen LogP contribution in [-0.4, -0.2) is 76.3 Å². The lowest BCUT2D eigenvalue weighted by Crippen LogP contribution is -2.39. The number of carbonyl (C=O) groups is 3. The van der Waals surface area contributed by atoms with Crippen molar-refractivity contribution in [2.75, 3.05) is 24.6 Å². The Kier molecular flexibility index (Phi) is 11.0. The van der Waals surface area contributed by atoms with E-state index in [4.69, 9.17) is 30.9 Å². The molecule has 0 radical (unpaired) electrons. The zero-order valence-corrected chi connectivity index (χ0v) is 20.4. The number of carboxylic acids is 2. The van der Waals surface area contributed by atoms with Gasteiger partial charge in [0, 0.05) is 19.1 Å².